The molecule has 7 nitrogen and oxygen atoms in total. The van der Waals surface area contributed by atoms with Crippen molar-refractivity contribution in [1.82, 2.24) is 10.6 Å². The molecule has 20 heavy (non-hydrogen) atoms. The van der Waals surface area contributed by atoms with Crippen molar-refractivity contribution in [3.05, 3.63) is 38.9 Å². The van der Waals surface area contributed by atoms with E-state index in [-0.39, 0.29) is 28.2 Å². The molecule has 1 atom stereocenters. The highest BCUT2D eigenvalue weighted by Gasteiger charge is 2.21. The van der Waals surface area contributed by atoms with Gasteiger partial charge in [0, 0.05) is 41.7 Å². The molecule has 106 valence electrons. The standard InChI is InChI=1S/C12H12ClN3O4/c13-8-3-7(4-10(5-8)16(19)20)12(18)15-9-1-2-11(17)14-6-9/h3-5,9H,1-2,6H2,(H,14,17)(H,15,18). The second kappa shape index (κ2) is 5.87. The van der Waals surface area contributed by atoms with Crippen LogP contribution in [0.3, 0.4) is 0 Å². The van der Waals surface area contributed by atoms with Gasteiger partial charge in [-0.1, -0.05) is 11.6 Å². The molecule has 8 heteroatoms. The molecule has 2 rings (SSSR count). The van der Waals surface area contributed by atoms with E-state index in [1.165, 1.54) is 18.2 Å². The van der Waals surface area contributed by atoms with E-state index in [1.807, 2.05) is 0 Å². The van der Waals surface area contributed by atoms with Gasteiger partial charge in [0.15, 0.2) is 0 Å². The topological polar surface area (TPSA) is 101 Å². The van der Waals surface area contributed by atoms with Gasteiger partial charge in [-0.2, -0.15) is 0 Å². The largest absolute Gasteiger partial charge is 0.354 e. The maximum Gasteiger partial charge on any atom is 0.271 e. The molecule has 0 aromatic heterocycles. The van der Waals surface area contributed by atoms with E-state index >= 15 is 0 Å². The molecule has 1 unspecified atom stereocenters. The van der Waals surface area contributed by atoms with Crippen LogP contribution in [-0.2, 0) is 4.79 Å². The second-order valence-electron chi connectivity index (χ2n) is 4.47. The number of carbonyl (C=O) groups is 2. The van der Waals surface area contributed by atoms with Gasteiger partial charge in [-0.3, -0.25) is 19.7 Å². The first-order valence-corrected chi connectivity index (χ1v) is 6.36. The summed E-state index contributed by atoms with van der Waals surface area (Å²) in [6.07, 6.45) is 0.890. The number of rotatable bonds is 3. The number of nitrogens with one attached hydrogen (secondary N) is 2. The number of nitrogens with zero attached hydrogens (tertiary/aromatic N) is 1. The molecular formula is C12H12ClN3O4. The summed E-state index contributed by atoms with van der Waals surface area (Å²) in [7, 11) is 0. The van der Waals surface area contributed by atoms with Crippen LogP contribution in [0, 0.1) is 10.1 Å². The minimum absolute atomic E-state index is 0.0473. The third-order valence-corrected chi connectivity index (χ3v) is 3.17. The fraction of sp³-hybridized carbons (Fsp3) is 0.333. The van der Waals surface area contributed by atoms with Crippen LogP contribution in [0.5, 0.6) is 0 Å². The SMILES string of the molecule is O=C1CCC(NC(=O)c2cc(Cl)cc([N+](=O)[O-])c2)CN1. The Bertz CT molecular complexity index is 566. The van der Waals surface area contributed by atoms with Gasteiger partial charge in [0.05, 0.1) is 4.92 Å². The zero-order valence-electron chi connectivity index (χ0n) is 10.4. The molecule has 1 aromatic carbocycles. The molecule has 0 aliphatic carbocycles. The smallest absolute Gasteiger partial charge is 0.271 e. The van der Waals surface area contributed by atoms with E-state index < -0.39 is 10.8 Å². The molecule has 2 N–H and O–H groups in total. The van der Waals surface area contributed by atoms with Crippen LogP contribution in [0.15, 0.2) is 18.2 Å². The van der Waals surface area contributed by atoms with E-state index in [9.17, 15) is 19.7 Å². The van der Waals surface area contributed by atoms with E-state index in [0.717, 1.165) is 0 Å². The second-order valence-corrected chi connectivity index (χ2v) is 4.90. The average Bonchev–Trinajstić information content (AvgIpc) is 2.40. The number of piperidine rings is 1. The lowest BCUT2D eigenvalue weighted by Gasteiger charge is -2.23. The first-order valence-electron chi connectivity index (χ1n) is 5.98. The van der Waals surface area contributed by atoms with Crippen LogP contribution in [0.2, 0.25) is 5.02 Å². The quantitative estimate of drug-likeness (QED) is 0.647. The average molecular weight is 298 g/mol. The maximum absolute atomic E-state index is 12.0. The number of amides is 2. The van der Waals surface area contributed by atoms with Crippen molar-refractivity contribution in [1.29, 1.82) is 0 Å². The van der Waals surface area contributed by atoms with Crippen molar-refractivity contribution in [2.24, 2.45) is 0 Å². The monoisotopic (exact) mass is 297 g/mol. The van der Waals surface area contributed by atoms with Crippen molar-refractivity contribution in [2.45, 2.75) is 18.9 Å². The predicted molar refractivity (Wildman–Crippen MR) is 71.6 cm³/mol. The van der Waals surface area contributed by atoms with Crippen LogP contribution in [0.1, 0.15) is 23.2 Å². The summed E-state index contributed by atoms with van der Waals surface area (Å²) in [5.74, 6) is -0.495. The third kappa shape index (κ3) is 3.45. The molecule has 0 spiro atoms. The van der Waals surface area contributed by atoms with Crippen molar-refractivity contribution in [3.63, 3.8) is 0 Å². The van der Waals surface area contributed by atoms with Gasteiger partial charge in [0.2, 0.25) is 5.91 Å². The summed E-state index contributed by atoms with van der Waals surface area (Å²) in [5.41, 5.74) is -0.110. The van der Waals surface area contributed by atoms with Crippen molar-refractivity contribution < 1.29 is 14.5 Å². The molecule has 1 heterocycles. The Morgan fingerprint density at radius 1 is 1.45 bits per heavy atom. The predicted octanol–water partition coefficient (Wildman–Crippen LogP) is 1.26. The Morgan fingerprint density at radius 2 is 2.20 bits per heavy atom. The third-order valence-electron chi connectivity index (χ3n) is 2.96. The number of halogens is 1. The Morgan fingerprint density at radius 3 is 2.80 bits per heavy atom. The number of hydrogen-bond donors (Lipinski definition) is 2. The lowest BCUT2D eigenvalue weighted by molar-refractivity contribution is -0.384. The van der Waals surface area contributed by atoms with Crippen LogP contribution in [0.4, 0.5) is 5.69 Å². The van der Waals surface area contributed by atoms with Crippen LogP contribution in [-0.4, -0.2) is 29.3 Å². The van der Waals surface area contributed by atoms with Crippen LogP contribution >= 0.6 is 11.6 Å². The molecule has 1 saturated heterocycles. The number of carbonyl (C=O) groups excluding carboxylic acids is 2. The molecule has 0 bridgehead atoms. The summed E-state index contributed by atoms with van der Waals surface area (Å²) >= 11 is 5.76. The fourth-order valence-electron chi connectivity index (χ4n) is 1.94. The highest BCUT2D eigenvalue weighted by molar-refractivity contribution is 6.31. The molecule has 2 amide bonds. The normalized spacial score (nSPS) is 18.2. The Balaban J connectivity index is 2.09. The van der Waals surface area contributed by atoms with Gasteiger partial charge in [-0.25, -0.2) is 0 Å². The zero-order valence-corrected chi connectivity index (χ0v) is 11.1. The van der Waals surface area contributed by atoms with Gasteiger partial charge in [0.25, 0.3) is 11.6 Å². The molecule has 1 aromatic rings. The molecular weight excluding hydrogens is 286 g/mol. The lowest BCUT2D eigenvalue weighted by Crippen LogP contribution is -2.47. The molecule has 0 saturated carbocycles. The van der Waals surface area contributed by atoms with E-state index in [1.54, 1.807) is 0 Å². The Kier molecular flexibility index (Phi) is 4.19. The summed E-state index contributed by atoms with van der Waals surface area (Å²) < 4.78 is 0. The minimum Gasteiger partial charge on any atom is -0.354 e. The van der Waals surface area contributed by atoms with Crippen molar-refractivity contribution in [3.8, 4) is 0 Å². The number of non-ortho nitro benzene ring substituents is 1. The molecule has 1 aliphatic heterocycles. The van der Waals surface area contributed by atoms with Gasteiger partial charge in [-0.05, 0) is 12.5 Å². The van der Waals surface area contributed by atoms with Crippen molar-refractivity contribution >= 4 is 29.1 Å². The van der Waals surface area contributed by atoms with Crippen LogP contribution in [0.25, 0.3) is 0 Å². The molecule has 1 fully saturated rings. The summed E-state index contributed by atoms with van der Waals surface area (Å²) in [6.45, 7) is 0.354. The highest BCUT2D eigenvalue weighted by Crippen LogP contribution is 2.21. The van der Waals surface area contributed by atoms with Crippen molar-refractivity contribution in [2.75, 3.05) is 6.54 Å². The Hall–Kier alpha value is -2.15. The summed E-state index contributed by atoms with van der Waals surface area (Å²) in [4.78, 5) is 33.1. The first-order chi connectivity index (χ1) is 9.45. The Labute approximate surface area is 119 Å². The fourth-order valence-corrected chi connectivity index (χ4v) is 2.16. The summed E-state index contributed by atoms with van der Waals surface area (Å²) in [5, 5.41) is 16.2. The minimum atomic E-state index is -0.608. The molecule has 1 aliphatic rings. The van der Waals surface area contributed by atoms with Gasteiger partial charge >= 0.3 is 0 Å². The lowest BCUT2D eigenvalue weighted by atomic mass is 10.1. The number of hydrogen-bond acceptors (Lipinski definition) is 4. The van der Waals surface area contributed by atoms with Gasteiger partial charge < -0.3 is 10.6 Å². The zero-order chi connectivity index (χ0) is 14.7. The van der Waals surface area contributed by atoms with Gasteiger partial charge in [0.1, 0.15) is 0 Å². The first kappa shape index (κ1) is 14.3. The van der Waals surface area contributed by atoms with Crippen LogP contribution < -0.4 is 10.6 Å². The van der Waals surface area contributed by atoms with E-state index in [0.29, 0.717) is 19.4 Å². The molecule has 0 radical (unpaired) electrons. The number of nitro groups is 1. The number of nitro benzene ring substituents is 1. The highest BCUT2D eigenvalue weighted by atomic mass is 35.5. The van der Waals surface area contributed by atoms with Gasteiger partial charge in [-0.15, -0.1) is 0 Å². The van der Waals surface area contributed by atoms with E-state index in [2.05, 4.69) is 10.6 Å². The van der Waals surface area contributed by atoms with E-state index in [4.69, 9.17) is 11.6 Å². The summed E-state index contributed by atoms with van der Waals surface area (Å²) in [6, 6.07) is 3.53. The maximum atomic E-state index is 12.0. The number of benzene rings is 1.